The van der Waals surface area contributed by atoms with Crippen LogP contribution in [0.3, 0.4) is 0 Å². The zero-order valence-electron chi connectivity index (χ0n) is 13.5. The number of carbonyl (C=O) groups is 1. The van der Waals surface area contributed by atoms with Gasteiger partial charge in [0.2, 0.25) is 0 Å². The van der Waals surface area contributed by atoms with Crippen molar-refractivity contribution in [1.29, 1.82) is 0 Å². The molecule has 5 nitrogen and oxygen atoms in total. The third-order valence-electron chi connectivity index (χ3n) is 3.33. The summed E-state index contributed by atoms with van der Waals surface area (Å²) < 4.78 is 11.1. The number of methoxy groups -OCH3 is 1. The zero-order chi connectivity index (χ0) is 16.5. The third kappa shape index (κ3) is 5.25. The summed E-state index contributed by atoms with van der Waals surface area (Å²) in [6.45, 7) is 2.83. The van der Waals surface area contributed by atoms with Crippen LogP contribution < -0.4 is 14.8 Å². The van der Waals surface area contributed by atoms with Gasteiger partial charge in [0, 0.05) is 17.1 Å². The molecule has 1 N–H and O–H groups in total. The number of benzene rings is 1. The minimum Gasteiger partial charge on any atom is -0.493 e. The summed E-state index contributed by atoms with van der Waals surface area (Å²) in [7, 11) is 1.57. The van der Waals surface area contributed by atoms with Gasteiger partial charge in [0.15, 0.2) is 16.6 Å². The zero-order valence-corrected chi connectivity index (χ0v) is 14.3. The van der Waals surface area contributed by atoms with E-state index in [1.54, 1.807) is 31.5 Å². The van der Waals surface area contributed by atoms with Crippen LogP contribution in [0, 0.1) is 0 Å². The van der Waals surface area contributed by atoms with E-state index in [2.05, 4.69) is 17.2 Å². The normalized spacial score (nSPS) is 10.3. The summed E-state index contributed by atoms with van der Waals surface area (Å²) in [6, 6.07) is 5.19. The summed E-state index contributed by atoms with van der Waals surface area (Å²) in [5, 5.41) is 5.13. The highest BCUT2D eigenvalue weighted by Gasteiger charge is 2.12. The summed E-state index contributed by atoms with van der Waals surface area (Å²) in [4.78, 5) is 16.2. The van der Waals surface area contributed by atoms with Crippen LogP contribution in [0.1, 0.15) is 43.0 Å². The molecule has 1 heterocycles. The van der Waals surface area contributed by atoms with Crippen LogP contribution in [0.25, 0.3) is 0 Å². The number of ether oxygens (including phenoxy) is 2. The van der Waals surface area contributed by atoms with Crippen LogP contribution in [0.4, 0.5) is 5.13 Å². The quantitative estimate of drug-likeness (QED) is 0.692. The molecule has 0 aliphatic carbocycles. The van der Waals surface area contributed by atoms with Crippen LogP contribution in [0.5, 0.6) is 11.5 Å². The second-order valence-electron chi connectivity index (χ2n) is 5.07. The fraction of sp³-hybridized carbons (Fsp3) is 0.412. The molecule has 6 heteroatoms. The van der Waals surface area contributed by atoms with E-state index in [0.717, 1.165) is 12.8 Å². The molecule has 124 valence electrons. The number of nitrogens with one attached hydrogen (secondary N) is 1. The maximum atomic E-state index is 12.2. The van der Waals surface area contributed by atoms with Crippen molar-refractivity contribution < 1.29 is 14.3 Å². The minimum absolute atomic E-state index is 0.215. The van der Waals surface area contributed by atoms with Crippen molar-refractivity contribution in [3.8, 4) is 11.5 Å². The molecule has 2 aromatic rings. The van der Waals surface area contributed by atoms with Gasteiger partial charge < -0.3 is 9.47 Å². The largest absolute Gasteiger partial charge is 0.493 e. The van der Waals surface area contributed by atoms with E-state index >= 15 is 0 Å². The predicted molar refractivity (Wildman–Crippen MR) is 92.7 cm³/mol. The SMILES string of the molecule is CCCCCCOc1ccc(C(=O)Nc2nccs2)cc1OC. The second-order valence-corrected chi connectivity index (χ2v) is 5.96. The lowest BCUT2D eigenvalue weighted by molar-refractivity contribution is 0.102. The maximum absolute atomic E-state index is 12.2. The summed E-state index contributed by atoms with van der Waals surface area (Å²) in [5.41, 5.74) is 0.510. The molecule has 0 unspecified atom stereocenters. The van der Waals surface area contributed by atoms with Crippen molar-refractivity contribution in [2.45, 2.75) is 32.6 Å². The predicted octanol–water partition coefficient (Wildman–Crippen LogP) is 4.36. The lowest BCUT2D eigenvalue weighted by Crippen LogP contribution is -2.12. The molecule has 0 bridgehead atoms. The molecule has 1 aromatic carbocycles. The van der Waals surface area contributed by atoms with Crippen molar-refractivity contribution in [2.75, 3.05) is 19.0 Å². The molecule has 0 fully saturated rings. The van der Waals surface area contributed by atoms with Gasteiger partial charge in [0.25, 0.3) is 5.91 Å². The Morgan fingerprint density at radius 3 is 2.83 bits per heavy atom. The Morgan fingerprint density at radius 2 is 2.13 bits per heavy atom. The molecular formula is C17H22N2O3S. The molecule has 0 aliphatic heterocycles. The fourth-order valence-corrected chi connectivity index (χ4v) is 2.62. The van der Waals surface area contributed by atoms with Gasteiger partial charge in [-0.1, -0.05) is 26.2 Å². The van der Waals surface area contributed by atoms with E-state index in [0.29, 0.717) is 28.8 Å². The summed E-state index contributed by atoms with van der Waals surface area (Å²) >= 11 is 1.38. The van der Waals surface area contributed by atoms with Gasteiger partial charge in [0.05, 0.1) is 13.7 Å². The van der Waals surface area contributed by atoms with Gasteiger partial charge in [-0.25, -0.2) is 4.98 Å². The molecule has 0 atom stereocenters. The highest BCUT2D eigenvalue weighted by atomic mass is 32.1. The average molecular weight is 334 g/mol. The first-order chi connectivity index (χ1) is 11.2. The lowest BCUT2D eigenvalue weighted by atomic mass is 10.2. The number of anilines is 1. The van der Waals surface area contributed by atoms with E-state index in [1.807, 2.05) is 5.38 Å². The van der Waals surface area contributed by atoms with E-state index < -0.39 is 0 Å². The van der Waals surface area contributed by atoms with Crippen molar-refractivity contribution in [3.05, 3.63) is 35.3 Å². The van der Waals surface area contributed by atoms with Crippen molar-refractivity contribution in [3.63, 3.8) is 0 Å². The topological polar surface area (TPSA) is 60.5 Å². The molecule has 0 saturated carbocycles. The van der Waals surface area contributed by atoms with Crippen molar-refractivity contribution in [2.24, 2.45) is 0 Å². The van der Waals surface area contributed by atoms with Gasteiger partial charge in [-0.15, -0.1) is 11.3 Å². The molecule has 2 rings (SSSR count). The molecule has 0 aliphatic rings. The third-order valence-corrected chi connectivity index (χ3v) is 4.02. The van der Waals surface area contributed by atoms with E-state index in [9.17, 15) is 4.79 Å². The first kappa shape index (κ1) is 17.3. The van der Waals surface area contributed by atoms with Crippen LogP contribution in [-0.2, 0) is 0 Å². The molecule has 0 radical (unpaired) electrons. The van der Waals surface area contributed by atoms with Gasteiger partial charge in [-0.3, -0.25) is 10.1 Å². The minimum atomic E-state index is -0.215. The number of unbranched alkanes of at least 4 members (excludes halogenated alkanes) is 3. The monoisotopic (exact) mass is 334 g/mol. The Balaban J connectivity index is 1.96. The van der Waals surface area contributed by atoms with Crippen LogP contribution >= 0.6 is 11.3 Å². The molecular weight excluding hydrogens is 312 g/mol. The van der Waals surface area contributed by atoms with Crippen LogP contribution in [-0.4, -0.2) is 24.6 Å². The Hall–Kier alpha value is -2.08. The Morgan fingerprint density at radius 1 is 1.26 bits per heavy atom. The first-order valence-corrected chi connectivity index (χ1v) is 8.64. The van der Waals surface area contributed by atoms with Crippen molar-refractivity contribution >= 4 is 22.4 Å². The molecule has 23 heavy (non-hydrogen) atoms. The Bertz CT molecular complexity index is 614. The Kier molecular flexibility index (Phi) is 6.87. The Labute approximate surface area is 140 Å². The standard InChI is InChI=1S/C17H22N2O3S/c1-3-4-5-6-10-22-14-8-7-13(12-15(14)21-2)16(20)19-17-18-9-11-23-17/h7-9,11-12H,3-6,10H2,1-2H3,(H,18,19,20). The van der Waals surface area contributed by atoms with Gasteiger partial charge in [-0.05, 0) is 24.6 Å². The summed E-state index contributed by atoms with van der Waals surface area (Å²) in [6.07, 6.45) is 6.25. The molecule has 1 amide bonds. The lowest BCUT2D eigenvalue weighted by Gasteiger charge is -2.12. The van der Waals surface area contributed by atoms with E-state index in [4.69, 9.17) is 9.47 Å². The fourth-order valence-electron chi connectivity index (χ4n) is 2.09. The number of thiazole rings is 1. The number of rotatable bonds is 9. The highest BCUT2D eigenvalue weighted by Crippen LogP contribution is 2.28. The average Bonchev–Trinajstić information content (AvgIpc) is 3.07. The molecule has 1 aromatic heterocycles. The van der Waals surface area contributed by atoms with E-state index in [-0.39, 0.29) is 5.91 Å². The number of nitrogens with zero attached hydrogens (tertiary/aromatic N) is 1. The molecule has 0 saturated heterocycles. The maximum Gasteiger partial charge on any atom is 0.257 e. The molecule has 0 spiro atoms. The number of hydrogen-bond donors (Lipinski definition) is 1. The smallest absolute Gasteiger partial charge is 0.257 e. The first-order valence-electron chi connectivity index (χ1n) is 7.76. The van der Waals surface area contributed by atoms with Crippen LogP contribution in [0.15, 0.2) is 29.8 Å². The van der Waals surface area contributed by atoms with E-state index in [1.165, 1.54) is 24.2 Å². The number of carbonyl (C=O) groups excluding carboxylic acids is 1. The van der Waals surface area contributed by atoms with Gasteiger partial charge in [-0.2, -0.15) is 0 Å². The number of hydrogen-bond acceptors (Lipinski definition) is 5. The van der Waals surface area contributed by atoms with Crippen molar-refractivity contribution in [1.82, 2.24) is 4.98 Å². The highest BCUT2D eigenvalue weighted by molar-refractivity contribution is 7.13. The van der Waals surface area contributed by atoms with Gasteiger partial charge >= 0.3 is 0 Å². The van der Waals surface area contributed by atoms with Gasteiger partial charge in [0.1, 0.15) is 0 Å². The second kappa shape index (κ2) is 9.15. The summed E-state index contributed by atoms with van der Waals surface area (Å²) in [5.74, 6) is 1.01. The number of amides is 1. The van der Waals surface area contributed by atoms with Crippen LogP contribution in [0.2, 0.25) is 0 Å². The number of aromatic nitrogens is 1.